The number of hydrogen-bond acceptors (Lipinski definition) is 3. The van der Waals surface area contributed by atoms with Gasteiger partial charge >= 0.3 is 0 Å². The molecule has 2 heterocycles. The van der Waals surface area contributed by atoms with Crippen LogP contribution in [0, 0.1) is 0 Å². The summed E-state index contributed by atoms with van der Waals surface area (Å²) in [7, 11) is 0. The van der Waals surface area contributed by atoms with Crippen molar-refractivity contribution in [3.05, 3.63) is 22.4 Å². The Hall–Kier alpha value is -0.480. The summed E-state index contributed by atoms with van der Waals surface area (Å²) < 4.78 is 0. The van der Waals surface area contributed by atoms with Gasteiger partial charge in [0, 0.05) is 11.3 Å². The standard InChI is InChI=1S/C11H16N2S2/c1-8(9-4-5-14-6-9)12-10-13-11(2,3)7-15-10/h4-6,8H,7H2,1-3H3,(H,12,13). The van der Waals surface area contributed by atoms with Crippen LogP contribution in [0.1, 0.15) is 32.4 Å². The van der Waals surface area contributed by atoms with Gasteiger partial charge in [0.05, 0.1) is 6.04 Å². The molecule has 2 rings (SSSR count). The topological polar surface area (TPSA) is 24.4 Å². The molecule has 4 heteroatoms. The Morgan fingerprint density at radius 2 is 2.33 bits per heavy atom. The molecule has 15 heavy (non-hydrogen) atoms. The number of aliphatic imine (C=N–C) groups is 1. The molecule has 0 aromatic carbocycles. The van der Waals surface area contributed by atoms with Crippen molar-refractivity contribution in [2.24, 2.45) is 4.99 Å². The number of thiophene rings is 1. The fraction of sp³-hybridized carbons (Fsp3) is 0.545. The second-order valence-electron chi connectivity index (χ2n) is 4.46. The summed E-state index contributed by atoms with van der Waals surface area (Å²) in [4.78, 5) is 4.69. The van der Waals surface area contributed by atoms with Crippen molar-refractivity contribution in [3.63, 3.8) is 0 Å². The molecule has 1 aromatic heterocycles. The van der Waals surface area contributed by atoms with Crippen LogP contribution in [0.3, 0.4) is 0 Å². The Balaban J connectivity index is 2.05. The fourth-order valence-electron chi connectivity index (χ4n) is 1.44. The second-order valence-corrected chi connectivity index (χ2v) is 6.21. The van der Waals surface area contributed by atoms with Crippen LogP contribution in [0.2, 0.25) is 0 Å². The van der Waals surface area contributed by atoms with Gasteiger partial charge in [-0.05, 0) is 43.2 Å². The zero-order chi connectivity index (χ0) is 10.9. The molecule has 0 bridgehead atoms. The number of nitrogens with zero attached hydrogens (tertiary/aromatic N) is 1. The van der Waals surface area contributed by atoms with Gasteiger partial charge in [-0.15, -0.1) is 0 Å². The van der Waals surface area contributed by atoms with Crippen LogP contribution < -0.4 is 5.32 Å². The molecule has 2 nitrogen and oxygen atoms in total. The molecule has 82 valence electrons. The highest BCUT2D eigenvalue weighted by molar-refractivity contribution is 8.14. The predicted octanol–water partition coefficient (Wildman–Crippen LogP) is 3.28. The Morgan fingerprint density at radius 3 is 2.87 bits per heavy atom. The lowest BCUT2D eigenvalue weighted by Gasteiger charge is -2.16. The monoisotopic (exact) mass is 240 g/mol. The van der Waals surface area contributed by atoms with Gasteiger partial charge in [-0.1, -0.05) is 11.8 Å². The minimum absolute atomic E-state index is 0.192. The van der Waals surface area contributed by atoms with Gasteiger partial charge in [0.2, 0.25) is 0 Å². The molecule has 1 N–H and O–H groups in total. The van der Waals surface area contributed by atoms with Crippen LogP contribution in [-0.2, 0) is 0 Å². The van der Waals surface area contributed by atoms with Crippen LogP contribution in [0.25, 0.3) is 0 Å². The van der Waals surface area contributed by atoms with E-state index in [1.54, 1.807) is 11.3 Å². The molecule has 1 unspecified atom stereocenters. The van der Waals surface area contributed by atoms with Gasteiger partial charge in [0.15, 0.2) is 5.17 Å². The normalized spacial score (nSPS) is 24.1. The van der Waals surface area contributed by atoms with Gasteiger partial charge in [0.25, 0.3) is 0 Å². The minimum Gasteiger partial charge on any atom is -0.359 e. The molecule has 1 atom stereocenters. The largest absolute Gasteiger partial charge is 0.359 e. The van der Waals surface area contributed by atoms with Gasteiger partial charge in [-0.3, -0.25) is 4.99 Å². The Kier molecular flexibility index (Phi) is 3.07. The third-order valence-electron chi connectivity index (χ3n) is 2.35. The van der Waals surface area contributed by atoms with Crippen molar-refractivity contribution in [3.8, 4) is 0 Å². The summed E-state index contributed by atoms with van der Waals surface area (Å²) in [5.74, 6) is 1.10. The van der Waals surface area contributed by atoms with Gasteiger partial charge in [-0.25, -0.2) is 0 Å². The molecule has 0 saturated carbocycles. The molecule has 1 fully saturated rings. The average molecular weight is 240 g/mol. The lowest BCUT2D eigenvalue weighted by Crippen LogP contribution is -2.36. The molecule has 0 amide bonds. The van der Waals surface area contributed by atoms with Crippen LogP contribution in [-0.4, -0.2) is 16.5 Å². The fourth-order valence-corrected chi connectivity index (χ4v) is 3.34. The van der Waals surface area contributed by atoms with E-state index in [-0.39, 0.29) is 11.6 Å². The Labute approximate surface area is 99.2 Å². The second kappa shape index (κ2) is 4.18. The summed E-state index contributed by atoms with van der Waals surface area (Å²) in [6, 6.07) is 2.41. The molecule has 1 aliphatic rings. The van der Waals surface area contributed by atoms with Crippen molar-refractivity contribution in [2.45, 2.75) is 32.4 Å². The van der Waals surface area contributed by atoms with E-state index in [0.717, 1.165) is 10.9 Å². The molecule has 0 spiro atoms. The van der Waals surface area contributed by atoms with Gasteiger partial charge in [0.1, 0.15) is 0 Å². The smallest absolute Gasteiger partial charge is 0.157 e. The third kappa shape index (κ3) is 2.75. The lowest BCUT2D eigenvalue weighted by molar-refractivity contribution is 0.535. The van der Waals surface area contributed by atoms with Crippen molar-refractivity contribution in [1.82, 2.24) is 5.32 Å². The summed E-state index contributed by atoms with van der Waals surface area (Å²) in [6.45, 7) is 6.55. The summed E-state index contributed by atoms with van der Waals surface area (Å²) in [6.07, 6.45) is 0. The molecule has 1 aliphatic heterocycles. The van der Waals surface area contributed by atoms with Crippen LogP contribution in [0.5, 0.6) is 0 Å². The maximum absolute atomic E-state index is 4.69. The third-order valence-corrected chi connectivity index (χ3v) is 4.40. The summed E-state index contributed by atoms with van der Waals surface area (Å²) >= 11 is 3.55. The van der Waals surface area contributed by atoms with E-state index >= 15 is 0 Å². The van der Waals surface area contributed by atoms with E-state index in [1.165, 1.54) is 5.56 Å². The van der Waals surface area contributed by atoms with E-state index in [0.29, 0.717) is 0 Å². The minimum atomic E-state index is 0.192. The van der Waals surface area contributed by atoms with Gasteiger partial charge in [-0.2, -0.15) is 11.3 Å². The molecule has 0 radical (unpaired) electrons. The highest BCUT2D eigenvalue weighted by Gasteiger charge is 2.27. The highest BCUT2D eigenvalue weighted by atomic mass is 32.2. The lowest BCUT2D eigenvalue weighted by atomic mass is 10.1. The van der Waals surface area contributed by atoms with Crippen molar-refractivity contribution >= 4 is 28.3 Å². The van der Waals surface area contributed by atoms with E-state index in [2.05, 4.69) is 47.9 Å². The number of amidine groups is 1. The first-order valence-corrected chi connectivity index (χ1v) is 7.00. The van der Waals surface area contributed by atoms with E-state index in [4.69, 9.17) is 0 Å². The zero-order valence-corrected chi connectivity index (χ0v) is 10.9. The SMILES string of the molecule is CC(N=C1NC(C)(C)CS1)c1ccsc1. The first kappa shape index (κ1) is 11.0. The number of hydrogen-bond donors (Lipinski definition) is 1. The molecule has 1 aromatic rings. The average Bonchev–Trinajstić information content (AvgIpc) is 2.74. The molecule has 0 aliphatic carbocycles. The van der Waals surface area contributed by atoms with Crippen LogP contribution in [0.15, 0.2) is 21.8 Å². The van der Waals surface area contributed by atoms with E-state index in [1.807, 2.05) is 11.8 Å². The molecular weight excluding hydrogens is 224 g/mol. The van der Waals surface area contributed by atoms with Crippen LogP contribution in [0.4, 0.5) is 0 Å². The Morgan fingerprint density at radius 1 is 1.53 bits per heavy atom. The van der Waals surface area contributed by atoms with Crippen LogP contribution >= 0.6 is 23.1 Å². The van der Waals surface area contributed by atoms with Gasteiger partial charge < -0.3 is 5.32 Å². The van der Waals surface area contributed by atoms with E-state index in [9.17, 15) is 0 Å². The number of nitrogens with one attached hydrogen (secondary N) is 1. The highest BCUT2D eigenvalue weighted by Crippen LogP contribution is 2.26. The number of rotatable bonds is 2. The van der Waals surface area contributed by atoms with Crippen molar-refractivity contribution in [2.75, 3.05) is 5.75 Å². The zero-order valence-electron chi connectivity index (χ0n) is 9.28. The van der Waals surface area contributed by atoms with E-state index < -0.39 is 0 Å². The molecule has 1 saturated heterocycles. The summed E-state index contributed by atoms with van der Waals surface area (Å²) in [5.41, 5.74) is 1.50. The maximum atomic E-state index is 4.69. The summed E-state index contributed by atoms with van der Waals surface area (Å²) in [5, 5.41) is 8.79. The quantitative estimate of drug-likeness (QED) is 0.858. The predicted molar refractivity (Wildman–Crippen MR) is 69.8 cm³/mol. The number of thioether (sulfide) groups is 1. The first-order valence-electron chi connectivity index (χ1n) is 5.08. The molecular formula is C11H16N2S2. The Bertz CT molecular complexity index is 355. The maximum Gasteiger partial charge on any atom is 0.157 e. The first-order chi connectivity index (χ1) is 7.07. The van der Waals surface area contributed by atoms with Crippen molar-refractivity contribution in [1.29, 1.82) is 0 Å². The van der Waals surface area contributed by atoms with Crippen molar-refractivity contribution < 1.29 is 0 Å².